The number of carbonyl (C=O) groups excluding carboxylic acids is 1. The van der Waals surface area contributed by atoms with Crippen LogP contribution in [0.3, 0.4) is 0 Å². The van der Waals surface area contributed by atoms with Gasteiger partial charge in [-0.1, -0.05) is 15.9 Å². The van der Waals surface area contributed by atoms with Gasteiger partial charge in [0.2, 0.25) is 5.91 Å². The molecule has 1 fully saturated rings. The Morgan fingerprint density at radius 3 is 2.89 bits per heavy atom. The monoisotopic (exact) mass is 330 g/mol. The Labute approximate surface area is 116 Å². The van der Waals surface area contributed by atoms with E-state index in [4.69, 9.17) is 5.11 Å². The van der Waals surface area contributed by atoms with Crippen molar-refractivity contribution in [2.24, 2.45) is 0 Å². The van der Waals surface area contributed by atoms with Crippen LogP contribution in [0.25, 0.3) is 0 Å². The predicted octanol–water partition coefficient (Wildman–Crippen LogP) is 1.75. The number of halogens is 1. The number of rotatable bonds is 3. The minimum absolute atomic E-state index is 0.0726. The number of hydrogen-bond donors (Lipinski definition) is 3. The van der Waals surface area contributed by atoms with E-state index in [2.05, 4.69) is 26.6 Å². The molecular formula is C11H11BrN2O3S. The van der Waals surface area contributed by atoms with Gasteiger partial charge in [0.1, 0.15) is 0 Å². The topological polar surface area (TPSA) is 78.4 Å². The fourth-order valence-corrected chi connectivity index (χ4v) is 2.89. The molecule has 0 spiro atoms. The average molecular weight is 331 g/mol. The zero-order valence-electron chi connectivity index (χ0n) is 9.27. The molecule has 18 heavy (non-hydrogen) atoms. The van der Waals surface area contributed by atoms with E-state index in [0.717, 1.165) is 5.88 Å². The molecule has 2 rings (SSSR count). The summed E-state index contributed by atoms with van der Waals surface area (Å²) >= 11 is 4.84. The summed E-state index contributed by atoms with van der Waals surface area (Å²) in [6.45, 7) is 0. The Bertz CT molecular complexity index is 489. The first-order valence-electron chi connectivity index (χ1n) is 5.23. The first-order valence-corrected chi connectivity index (χ1v) is 7.17. The lowest BCUT2D eigenvalue weighted by molar-refractivity contribution is -0.117. The van der Waals surface area contributed by atoms with Gasteiger partial charge in [0, 0.05) is 16.1 Å². The van der Waals surface area contributed by atoms with Crippen molar-refractivity contribution in [1.29, 1.82) is 0 Å². The van der Waals surface area contributed by atoms with Gasteiger partial charge < -0.3 is 10.4 Å². The molecule has 0 bridgehead atoms. The second-order valence-corrected chi connectivity index (χ2v) is 5.70. The van der Waals surface area contributed by atoms with Crippen molar-refractivity contribution in [1.82, 2.24) is 5.32 Å². The van der Waals surface area contributed by atoms with Crippen LogP contribution in [-0.4, -0.2) is 34.7 Å². The van der Waals surface area contributed by atoms with Crippen molar-refractivity contribution in [3.8, 4) is 0 Å². The van der Waals surface area contributed by atoms with Crippen molar-refractivity contribution in [3.05, 3.63) is 28.2 Å². The number of nitrogens with one attached hydrogen (secondary N) is 2. The molecule has 5 nitrogen and oxygen atoms in total. The number of anilines is 1. The standard InChI is InChI=1S/C11H11BrN2O3S/c12-6-1-2-8(7(3-6)11(16)17)14-10(15)9-4-18-5-13-9/h1-3,9,13H,4-5H2,(H,14,15)(H,16,17). The molecule has 0 aromatic heterocycles. The van der Waals surface area contributed by atoms with E-state index >= 15 is 0 Å². The Morgan fingerprint density at radius 1 is 1.50 bits per heavy atom. The molecule has 0 saturated carbocycles. The van der Waals surface area contributed by atoms with Gasteiger partial charge in [-0.05, 0) is 18.2 Å². The molecule has 1 unspecified atom stereocenters. The molecule has 1 saturated heterocycles. The van der Waals surface area contributed by atoms with E-state index in [0.29, 0.717) is 15.9 Å². The Kier molecular flexibility index (Phi) is 4.26. The van der Waals surface area contributed by atoms with E-state index in [9.17, 15) is 9.59 Å². The maximum atomic E-state index is 11.9. The van der Waals surface area contributed by atoms with E-state index < -0.39 is 5.97 Å². The van der Waals surface area contributed by atoms with Crippen LogP contribution in [0, 0.1) is 0 Å². The average Bonchev–Trinajstić information content (AvgIpc) is 2.84. The normalized spacial score (nSPS) is 18.6. The van der Waals surface area contributed by atoms with E-state index in [-0.39, 0.29) is 17.5 Å². The van der Waals surface area contributed by atoms with Crippen LogP contribution in [0.2, 0.25) is 0 Å². The molecule has 3 N–H and O–H groups in total. The third-order valence-corrected chi connectivity index (χ3v) is 3.94. The molecule has 7 heteroatoms. The van der Waals surface area contributed by atoms with Crippen LogP contribution in [0.4, 0.5) is 5.69 Å². The van der Waals surface area contributed by atoms with Gasteiger partial charge in [-0.15, -0.1) is 11.8 Å². The fraction of sp³-hybridized carbons (Fsp3) is 0.273. The highest BCUT2D eigenvalue weighted by Gasteiger charge is 2.23. The smallest absolute Gasteiger partial charge is 0.337 e. The van der Waals surface area contributed by atoms with Crippen LogP contribution >= 0.6 is 27.7 Å². The lowest BCUT2D eigenvalue weighted by atomic mass is 10.1. The lowest BCUT2D eigenvalue weighted by Crippen LogP contribution is -2.37. The molecule has 1 aliphatic rings. The van der Waals surface area contributed by atoms with Crippen LogP contribution in [0.1, 0.15) is 10.4 Å². The molecule has 1 aromatic rings. The maximum Gasteiger partial charge on any atom is 0.337 e. The first-order chi connectivity index (χ1) is 8.58. The zero-order chi connectivity index (χ0) is 13.1. The summed E-state index contributed by atoms with van der Waals surface area (Å²) in [7, 11) is 0. The number of amides is 1. The summed E-state index contributed by atoms with van der Waals surface area (Å²) in [5.41, 5.74) is 0.387. The Morgan fingerprint density at radius 2 is 2.28 bits per heavy atom. The van der Waals surface area contributed by atoms with Crippen molar-refractivity contribution in [2.45, 2.75) is 6.04 Å². The van der Waals surface area contributed by atoms with Gasteiger partial charge >= 0.3 is 5.97 Å². The molecule has 0 radical (unpaired) electrons. The molecule has 1 aliphatic heterocycles. The second kappa shape index (κ2) is 5.73. The zero-order valence-corrected chi connectivity index (χ0v) is 11.7. The van der Waals surface area contributed by atoms with Crippen LogP contribution in [-0.2, 0) is 4.79 Å². The summed E-state index contributed by atoms with van der Waals surface area (Å²) < 4.78 is 0.660. The Hall–Kier alpha value is -1.05. The number of thioether (sulfide) groups is 1. The third-order valence-electron chi connectivity index (χ3n) is 2.50. The maximum absolute atomic E-state index is 11.9. The number of aromatic carboxylic acids is 1. The van der Waals surface area contributed by atoms with Crippen LogP contribution < -0.4 is 10.6 Å². The van der Waals surface area contributed by atoms with Crippen LogP contribution in [0.15, 0.2) is 22.7 Å². The number of benzene rings is 1. The number of carboxylic acids is 1. The summed E-state index contributed by atoms with van der Waals surface area (Å²) in [6.07, 6.45) is 0. The van der Waals surface area contributed by atoms with Crippen molar-refractivity contribution >= 4 is 45.3 Å². The van der Waals surface area contributed by atoms with Crippen molar-refractivity contribution in [3.63, 3.8) is 0 Å². The lowest BCUT2D eigenvalue weighted by Gasteiger charge is -2.12. The largest absolute Gasteiger partial charge is 0.478 e. The number of carboxylic acid groups (broad SMARTS) is 1. The minimum Gasteiger partial charge on any atom is -0.478 e. The van der Waals surface area contributed by atoms with Gasteiger partial charge in [0.05, 0.1) is 17.3 Å². The van der Waals surface area contributed by atoms with Gasteiger partial charge in [-0.25, -0.2) is 4.79 Å². The molecule has 1 aromatic carbocycles. The summed E-state index contributed by atoms with van der Waals surface area (Å²) in [6, 6.07) is 4.47. The highest BCUT2D eigenvalue weighted by molar-refractivity contribution is 9.10. The number of carbonyl (C=O) groups is 2. The molecule has 96 valence electrons. The quantitative estimate of drug-likeness (QED) is 0.786. The SMILES string of the molecule is O=C(O)c1cc(Br)ccc1NC(=O)C1CSCN1. The third kappa shape index (κ3) is 3.04. The highest BCUT2D eigenvalue weighted by Crippen LogP contribution is 2.22. The summed E-state index contributed by atoms with van der Waals surface area (Å²) in [5.74, 6) is 0.166. The summed E-state index contributed by atoms with van der Waals surface area (Å²) in [4.78, 5) is 23.0. The molecule has 1 amide bonds. The van der Waals surface area contributed by atoms with Gasteiger partial charge in [0.15, 0.2) is 0 Å². The fourth-order valence-electron chi connectivity index (χ4n) is 1.59. The van der Waals surface area contributed by atoms with E-state index in [1.807, 2.05) is 0 Å². The van der Waals surface area contributed by atoms with E-state index in [1.165, 1.54) is 6.07 Å². The molecule has 1 heterocycles. The Balaban J connectivity index is 2.17. The van der Waals surface area contributed by atoms with Crippen molar-refractivity contribution < 1.29 is 14.7 Å². The number of hydrogen-bond acceptors (Lipinski definition) is 4. The predicted molar refractivity (Wildman–Crippen MR) is 74.0 cm³/mol. The van der Waals surface area contributed by atoms with Crippen LogP contribution in [0.5, 0.6) is 0 Å². The second-order valence-electron chi connectivity index (χ2n) is 3.76. The highest BCUT2D eigenvalue weighted by atomic mass is 79.9. The first kappa shape index (κ1) is 13.4. The van der Waals surface area contributed by atoms with Crippen molar-refractivity contribution in [2.75, 3.05) is 16.9 Å². The van der Waals surface area contributed by atoms with Gasteiger partial charge in [-0.2, -0.15) is 0 Å². The molecule has 1 atom stereocenters. The van der Waals surface area contributed by atoms with Gasteiger partial charge in [-0.3, -0.25) is 10.1 Å². The van der Waals surface area contributed by atoms with Gasteiger partial charge in [0.25, 0.3) is 0 Å². The minimum atomic E-state index is -1.07. The van der Waals surface area contributed by atoms with E-state index in [1.54, 1.807) is 23.9 Å². The summed E-state index contributed by atoms with van der Waals surface area (Å²) in [5, 5.41) is 14.8. The molecular weight excluding hydrogens is 320 g/mol. The molecule has 0 aliphatic carbocycles.